The van der Waals surface area contributed by atoms with Crippen LogP contribution in [0.25, 0.3) is 0 Å². The third-order valence-electron chi connectivity index (χ3n) is 2.36. The Morgan fingerprint density at radius 2 is 1.70 bits per heavy atom. The van der Waals surface area contributed by atoms with Crippen molar-refractivity contribution in [1.29, 1.82) is 0 Å². The summed E-state index contributed by atoms with van der Waals surface area (Å²) in [4.78, 5) is 35.2. The smallest absolute Gasteiger partial charge is 0.375 e. The molecular weight excluding hydrogens is 260 g/mol. The zero-order valence-electron chi connectivity index (χ0n) is 12.1. The van der Waals surface area contributed by atoms with Gasteiger partial charge < -0.3 is 9.47 Å². The Hall–Kier alpha value is -2.17. The molecule has 1 aromatic carbocycles. The maximum Gasteiger partial charge on any atom is 0.375 e. The molecule has 1 aromatic rings. The predicted molar refractivity (Wildman–Crippen MR) is 72.8 cm³/mol. The van der Waals surface area contributed by atoms with E-state index in [1.807, 2.05) is 0 Å². The molecule has 0 aromatic heterocycles. The summed E-state index contributed by atoms with van der Waals surface area (Å²) in [6, 6.07) is 6.54. The Morgan fingerprint density at radius 1 is 1.10 bits per heavy atom. The third-order valence-corrected chi connectivity index (χ3v) is 2.36. The van der Waals surface area contributed by atoms with Crippen LogP contribution in [0, 0.1) is 0 Å². The van der Waals surface area contributed by atoms with Gasteiger partial charge in [0.05, 0.1) is 19.1 Å². The molecule has 0 saturated carbocycles. The van der Waals surface area contributed by atoms with Gasteiger partial charge >= 0.3 is 5.97 Å². The summed E-state index contributed by atoms with van der Waals surface area (Å²) in [7, 11) is 1.43. The zero-order valence-corrected chi connectivity index (χ0v) is 12.1. The summed E-state index contributed by atoms with van der Waals surface area (Å²) in [5.41, 5.74) is -0.493. The molecule has 0 unspecified atom stereocenters. The maximum absolute atomic E-state index is 12.0. The average Bonchev–Trinajstić information content (AvgIpc) is 2.36. The van der Waals surface area contributed by atoms with E-state index >= 15 is 0 Å². The van der Waals surface area contributed by atoms with Gasteiger partial charge in [-0.1, -0.05) is 12.1 Å². The lowest BCUT2D eigenvalue weighted by Crippen LogP contribution is -2.30. The van der Waals surface area contributed by atoms with Crippen molar-refractivity contribution in [2.75, 3.05) is 7.11 Å². The molecule has 0 radical (unpaired) electrons. The summed E-state index contributed by atoms with van der Waals surface area (Å²) < 4.78 is 9.96. The second-order valence-corrected chi connectivity index (χ2v) is 5.23. The molecule has 5 nitrogen and oxygen atoms in total. The molecule has 20 heavy (non-hydrogen) atoms. The van der Waals surface area contributed by atoms with Gasteiger partial charge in [-0.05, 0) is 32.9 Å². The summed E-state index contributed by atoms with van der Waals surface area (Å²) in [5.74, 6) is -1.97. The van der Waals surface area contributed by atoms with Crippen LogP contribution in [0.2, 0.25) is 0 Å². The van der Waals surface area contributed by atoms with Crippen molar-refractivity contribution in [3.63, 3.8) is 0 Å². The first kappa shape index (κ1) is 15.9. The lowest BCUT2D eigenvalue weighted by Gasteiger charge is -2.18. The van der Waals surface area contributed by atoms with E-state index in [4.69, 9.17) is 9.47 Å². The summed E-state index contributed by atoms with van der Waals surface area (Å²) in [6.45, 7) is 4.96. The number of carbonyl (C=O) groups excluding carboxylic acids is 3. The lowest BCUT2D eigenvalue weighted by molar-refractivity contribution is -0.162. The van der Waals surface area contributed by atoms with Gasteiger partial charge in [-0.2, -0.15) is 0 Å². The third kappa shape index (κ3) is 4.50. The van der Waals surface area contributed by atoms with E-state index in [1.54, 1.807) is 45.0 Å². The lowest BCUT2D eigenvalue weighted by atomic mass is 10.0. The van der Waals surface area contributed by atoms with Crippen LogP contribution in [-0.2, 0) is 14.3 Å². The highest BCUT2D eigenvalue weighted by Crippen LogP contribution is 2.19. The van der Waals surface area contributed by atoms with Crippen molar-refractivity contribution in [2.45, 2.75) is 32.8 Å². The van der Waals surface area contributed by atoms with Crippen LogP contribution in [0.15, 0.2) is 24.3 Å². The number of ether oxygens (including phenoxy) is 2. The van der Waals surface area contributed by atoms with Crippen molar-refractivity contribution in [3.05, 3.63) is 29.8 Å². The fourth-order valence-electron chi connectivity index (χ4n) is 1.52. The molecule has 0 spiro atoms. The van der Waals surface area contributed by atoms with Gasteiger partial charge in [0.1, 0.15) is 11.4 Å². The zero-order chi connectivity index (χ0) is 15.3. The second-order valence-electron chi connectivity index (χ2n) is 5.23. The minimum atomic E-state index is -0.999. The van der Waals surface area contributed by atoms with E-state index in [0.29, 0.717) is 5.75 Å². The second kappa shape index (κ2) is 6.32. The number of carbonyl (C=O) groups is 3. The minimum absolute atomic E-state index is 0.270. The van der Waals surface area contributed by atoms with Crippen LogP contribution < -0.4 is 4.74 Å². The first-order valence-electron chi connectivity index (χ1n) is 6.17. The molecule has 0 bridgehead atoms. The normalized spacial score (nSPS) is 10.8. The monoisotopic (exact) mass is 278 g/mol. The number of ketones is 2. The van der Waals surface area contributed by atoms with E-state index in [2.05, 4.69) is 0 Å². The van der Waals surface area contributed by atoms with Crippen molar-refractivity contribution < 1.29 is 23.9 Å². The number of esters is 1. The van der Waals surface area contributed by atoms with E-state index in [-0.39, 0.29) is 5.56 Å². The Labute approximate surface area is 117 Å². The van der Waals surface area contributed by atoms with E-state index in [1.165, 1.54) is 7.11 Å². The Morgan fingerprint density at radius 3 is 2.25 bits per heavy atom. The molecule has 0 saturated heterocycles. The fourth-order valence-corrected chi connectivity index (χ4v) is 1.52. The van der Waals surface area contributed by atoms with Crippen molar-refractivity contribution in [1.82, 2.24) is 0 Å². The van der Waals surface area contributed by atoms with Gasteiger partial charge in [0, 0.05) is 0 Å². The van der Waals surface area contributed by atoms with E-state index in [9.17, 15) is 14.4 Å². The summed E-state index contributed by atoms with van der Waals surface area (Å²) >= 11 is 0. The molecule has 0 aliphatic rings. The Balaban J connectivity index is 2.76. The number of benzene rings is 1. The molecule has 0 atom stereocenters. The van der Waals surface area contributed by atoms with Crippen molar-refractivity contribution >= 4 is 17.5 Å². The largest absolute Gasteiger partial charge is 0.496 e. The van der Waals surface area contributed by atoms with Crippen molar-refractivity contribution in [3.8, 4) is 5.75 Å². The molecule has 0 fully saturated rings. The summed E-state index contributed by atoms with van der Waals surface area (Å²) in [5, 5.41) is 0. The highest BCUT2D eigenvalue weighted by atomic mass is 16.6. The van der Waals surface area contributed by atoms with E-state index < -0.39 is 29.6 Å². The average molecular weight is 278 g/mol. The van der Waals surface area contributed by atoms with Gasteiger partial charge in [-0.15, -0.1) is 0 Å². The van der Waals surface area contributed by atoms with Crippen LogP contribution >= 0.6 is 0 Å². The number of hydrogen-bond donors (Lipinski definition) is 0. The molecule has 108 valence electrons. The van der Waals surface area contributed by atoms with Crippen LogP contribution in [0.4, 0.5) is 0 Å². The van der Waals surface area contributed by atoms with Crippen LogP contribution in [0.1, 0.15) is 37.6 Å². The topological polar surface area (TPSA) is 69.7 Å². The number of rotatable bonds is 5. The first-order chi connectivity index (χ1) is 9.24. The molecular formula is C15H18O5. The van der Waals surface area contributed by atoms with E-state index in [0.717, 1.165) is 0 Å². The molecule has 5 heteroatoms. The maximum atomic E-state index is 12.0. The fraction of sp³-hybridized carbons (Fsp3) is 0.400. The van der Waals surface area contributed by atoms with Gasteiger partial charge in [0.25, 0.3) is 0 Å². The summed E-state index contributed by atoms with van der Waals surface area (Å²) in [6.07, 6.45) is -0.532. The molecule has 0 amide bonds. The van der Waals surface area contributed by atoms with Crippen LogP contribution in [0.3, 0.4) is 0 Å². The van der Waals surface area contributed by atoms with Gasteiger partial charge in [-0.25, -0.2) is 4.79 Å². The number of Topliss-reactive ketones (excluding diaryl/α,β-unsaturated/α-hetero) is 2. The Kier molecular flexibility index (Phi) is 5.02. The predicted octanol–water partition coefficient (Wildman–Crippen LogP) is 2.18. The standard InChI is InChI=1S/C15H18O5/c1-15(2,3)20-14(18)12(17)9-11(16)10-7-5-6-8-13(10)19-4/h5-8H,9H2,1-4H3. The van der Waals surface area contributed by atoms with Crippen LogP contribution in [-0.4, -0.2) is 30.2 Å². The van der Waals surface area contributed by atoms with Gasteiger partial charge in [0.15, 0.2) is 5.78 Å². The number of hydrogen-bond acceptors (Lipinski definition) is 5. The molecule has 0 heterocycles. The van der Waals surface area contributed by atoms with Crippen molar-refractivity contribution in [2.24, 2.45) is 0 Å². The highest BCUT2D eigenvalue weighted by molar-refractivity contribution is 6.38. The first-order valence-corrected chi connectivity index (χ1v) is 6.17. The van der Waals surface area contributed by atoms with Gasteiger partial charge in [-0.3, -0.25) is 9.59 Å². The number of para-hydroxylation sites is 1. The quantitative estimate of drug-likeness (QED) is 0.357. The minimum Gasteiger partial charge on any atom is -0.496 e. The molecule has 0 aliphatic carbocycles. The van der Waals surface area contributed by atoms with Gasteiger partial charge in [0.2, 0.25) is 5.78 Å². The SMILES string of the molecule is COc1ccccc1C(=O)CC(=O)C(=O)OC(C)(C)C. The number of methoxy groups -OCH3 is 1. The highest BCUT2D eigenvalue weighted by Gasteiger charge is 2.25. The Bertz CT molecular complexity index is 525. The molecule has 1 rings (SSSR count). The molecule has 0 aliphatic heterocycles. The van der Waals surface area contributed by atoms with Crippen LogP contribution in [0.5, 0.6) is 5.75 Å². The molecule has 0 N–H and O–H groups in total.